The summed E-state index contributed by atoms with van der Waals surface area (Å²) in [5.74, 6) is -3.33. The van der Waals surface area contributed by atoms with Crippen LogP contribution in [0.2, 0.25) is 0 Å². The van der Waals surface area contributed by atoms with Crippen LogP contribution in [0, 0.1) is 0 Å². The molecule has 0 saturated heterocycles. The fourth-order valence-electron chi connectivity index (χ4n) is 0.107. The Hall–Kier alpha value is 0.320. The van der Waals surface area contributed by atoms with Crippen LogP contribution < -0.4 is 29.6 Å². The summed E-state index contributed by atoms with van der Waals surface area (Å²) in [6.07, 6.45) is -8.90. The molecular weight excluding hydrogens is 173 g/mol. The predicted molar refractivity (Wildman–Crippen MR) is 17.5 cm³/mol. The summed E-state index contributed by atoms with van der Waals surface area (Å²) in [6.45, 7) is 0. The molecule has 0 N–H and O–H groups in total. The second-order valence-electron chi connectivity index (χ2n) is 1.07. The molecule has 0 rings (SSSR count). The minimum Gasteiger partial charge on any atom is -1.00 e. The molecular formula is C3HF6Na. The molecule has 0 radical (unpaired) electrons. The first-order valence-electron chi connectivity index (χ1n) is 1.63. The number of hydrogen-bond donors (Lipinski definition) is 0. The van der Waals surface area contributed by atoms with Crippen molar-refractivity contribution in [2.45, 2.75) is 6.18 Å². The fourth-order valence-corrected chi connectivity index (χ4v) is 0.107. The van der Waals surface area contributed by atoms with Gasteiger partial charge in [-0.3, -0.25) is 0 Å². The van der Waals surface area contributed by atoms with E-state index < -0.39 is 18.1 Å². The first kappa shape index (κ1) is 12.9. The van der Waals surface area contributed by atoms with E-state index in [1.54, 1.807) is 0 Å². The summed E-state index contributed by atoms with van der Waals surface area (Å²) in [4.78, 5) is 0. The molecule has 0 heterocycles. The standard InChI is InChI=1S/C3F6.Na.H/c4-1(2(5)6)3(7,8)9;;/q;+1;-1. The molecule has 0 bridgehead atoms. The van der Waals surface area contributed by atoms with E-state index in [1.165, 1.54) is 0 Å². The van der Waals surface area contributed by atoms with Crippen molar-refractivity contribution >= 4 is 0 Å². The Labute approximate surface area is 75.7 Å². The maximum Gasteiger partial charge on any atom is 1.00 e. The van der Waals surface area contributed by atoms with Crippen LogP contribution in [0.1, 0.15) is 1.43 Å². The second kappa shape index (κ2) is 4.25. The van der Waals surface area contributed by atoms with Crippen LogP contribution in [0.25, 0.3) is 0 Å². The smallest absolute Gasteiger partial charge is 1.00 e. The molecule has 0 fully saturated rings. The fraction of sp³-hybridized carbons (Fsp3) is 0.333. The zero-order chi connectivity index (χ0) is 7.65. The normalized spacial score (nSPS) is 10.2. The van der Waals surface area contributed by atoms with Crippen molar-refractivity contribution in [1.82, 2.24) is 0 Å². The molecule has 0 aliphatic heterocycles. The Bertz CT molecular complexity index is 135. The molecule has 0 aliphatic rings. The molecule has 7 heteroatoms. The third kappa shape index (κ3) is 4.19. The molecule has 0 nitrogen and oxygen atoms in total. The average Bonchev–Trinajstić information content (AvgIpc) is 1.62. The van der Waals surface area contributed by atoms with Crippen LogP contribution in [0.15, 0.2) is 11.9 Å². The van der Waals surface area contributed by atoms with Gasteiger partial charge in [0.25, 0.3) is 5.83 Å². The van der Waals surface area contributed by atoms with Crippen LogP contribution in [0.3, 0.4) is 0 Å². The van der Waals surface area contributed by atoms with Crippen molar-refractivity contribution in [3.63, 3.8) is 0 Å². The van der Waals surface area contributed by atoms with Gasteiger partial charge >= 0.3 is 41.8 Å². The van der Waals surface area contributed by atoms with Crippen molar-refractivity contribution in [3.05, 3.63) is 11.9 Å². The van der Waals surface area contributed by atoms with Crippen molar-refractivity contribution in [3.8, 4) is 0 Å². The van der Waals surface area contributed by atoms with Gasteiger partial charge in [-0.05, 0) is 0 Å². The molecule has 0 aliphatic carbocycles. The van der Waals surface area contributed by atoms with Gasteiger partial charge in [0.15, 0.2) is 0 Å². The summed E-state index contributed by atoms with van der Waals surface area (Å²) >= 11 is 0. The zero-order valence-electron chi connectivity index (χ0n) is 5.77. The van der Waals surface area contributed by atoms with Crippen molar-refractivity contribution < 1.29 is 57.3 Å². The third-order valence-electron chi connectivity index (χ3n) is 0.415. The predicted octanol–water partition coefficient (Wildman–Crippen LogP) is -0.257. The van der Waals surface area contributed by atoms with Gasteiger partial charge in [-0.25, -0.2) is 0 Å². The van der Waals surface area contributed by atoms with E-state index in [1.807, 2.05) is 0 Å². The Kier molecular flexibility index (Phi) is 5.50. The van der Waals surface area contributed by atoms with Gasteiger partial charge in [-0.15, -0.1) is 0 Å². The van der Waals surface area contributed by atoms with Gasteiger partial charge in [0.1, 0.15) is 0 Å². The average molecular weight is 174 g/mol. The zero-order valence-corrected chi connectivity index (χ0v) is 6.77. The van der Waals surface area contributed by atoms with Gasteiger partial charge in [0.05, 0.1) is 0 Å². The number of halogens is 6. The monoisotopic (exact) mass is 174 g/mol. The second-order valence-corrected chi connectivity index (χ2v) is 1.07. The maximum absolute atomic E-state index is 11.0. The Balaban J connectivity index is -0.000000320. The van der Waals surface area contributed by atoms with Crippen LogP contribution >= 0.6 is 0 Å². The van der Waals surface area contributed by atoms with Gasteiger partial charge in [-0.1, -0.05) is 0 Å². The van der Waals surface area contributed by atoms with Gasteiger partial charge in [0, 0.05) is 0 Å². The van der Waals surface area contributed by atoms with E-state index in [0.29, 0.717) is 0 Å². The minimum atomic E-state index is -5.56. The molecule has 0 aromatic rings. The minimum absolute atomic E-state index is 0. The molecule has 0 unspecified atom stereocenters. The van der Waals surface area contributed by atoms with Crippen molar-refractivity contribution in [2.24, 2.45) is 0 Å². The van der Waals surface area contributed by atoms with Crippen LogP contribution in [0.4, 0.5) is 26.3 Å². The molecule has 56 valence electrons. The molecule has 0 saturated carbocycles. The van der Waals surface area contributed by atoms with Gasteiger partial charge in [-0.2, -0.15) is 26.3 Å². The first-order chi connectivity index (χ1) is 3.85. The van der Waals surface area contributed by atoms with Crippen molar-refractivity contribution in [1.29, 1.82) is 0 Å². The summed E-state index contributed by atoms with van der Waals surface area (Å²) in [5.41, 5.74) is 0. The Morgan fingerprint density at radius 1 is 1.00 bits per heavy atom. The van der Waals surface area contributed by atoms with Gasteiger partial charge < -0.3 is 1.43 Å². The molecule has 0 atom stereocenters. The first-order valence-corrected chi connectivity index (χ1v) is 1.63. The van der Waals surface area contributed by atoms with E-state index in [2.05, 4.69) is 0 Å². The van der Waals surface area contributed by atoms with E-state index in [0.717, 1.165) is 0 Å². The summed E-state index contributed by atoms with van der Waals surface area (Å²) in [7, 11) is 0. The number of alkyl halides is 3. The molecule has 10 heavy (non-hydrogen) atoms. The summed E-state index contributed by atoms with van der Waals surface area (Å²) in [6, 6.07) is 0. The number of rotatable bonds is 0. The molecule has 0 spiro atoms. The van der Waals surface area contributed by atoms with Crippen LogP contribution in [0.5, 0.6) is 0 Å². The van der Waals surface area contributed by atoms with Gasteiger partial charge in [0.2, 0.25) is 0 Å². The third-order valence-corrected chi connectivity index (χ3v) is 0.415. The SMILES string of the molecule is FC(F)=C(F)C(F)(F)F.[H-].[Na+]. The Morgan fingerprint density at radius 3 is 1.30 bits per heavy atom. The molecule has 0 aromatic carbocycles. The van der Waals surface area contributed by atoms with Crippen molar-refractivity contribution in [2.75, 3.05) is 0 Å². The van der Waals surface area contributed by atoms with Crippen LogP contribution in [-0.2, 0) is 0 Å². The van der Waals surface area contributed by atoms with E-state index in [9.17, 15) is 26.3 Å². The summed E-state index contributed by atoms with van der Waals surface area (Å²) < 4.78 is 64.8. The van der Waals surface area contributed by atoms with Crippen LogP contribution in [-0.4, -0.2) is 6.18 Å². The molecule has 0 amide bonds. The number of allylic oxidation sites excluding steroid dienone is 1. The molecule has 0 aromatic heterocycles. The quantitative estimate of drug-likeness (QED) is 0.350. The Morgan fingerprint density at radius 2 is 1.30 bits per heavy atom. The van der Waals surface area contributed by atoms with E-state index in [4.69, 9.17) is 0 Å². The van der Waals surface area contributed by atoms with E-state index in [-0.39, 0.29) is 31.0 Å². The maximum atomic E-state index is 11.0. The number of hydrogen-bond acceptors (Lipinski definition) is 0. The van der Waals surface area contributed by atoms with E-state index >= 15 is 0 Å². The largest absolute Gasteiger partial charge is 1.00 e. The summed E-state index contributed by atoms with van der Waals surface area (Å²) in [5, 5.41) is 0. The topological polar surface area (TPSA) is 0 Å².